The van der Waals surface area contributed by atoms with Gasteiger partial charge < -0.3 is 34.5 Å². The summed E-state index contributed by atoms with van der Waals surface area (Å²) in [4.78, 5) is 27.4. The van der Waals surface area contributed by atoms with Crippen LogP contribution in [0.2, 0.25) is 0 Å². The highest BCUT2D eigenvalue weighted by Crippen LogP contribution is 2.38. The van der Waals surface area contributed by atoms with Crippen molar-refractivity contribution in [3.8, 4) is 23.0 Å². The van der Waals surface area contributed by atoms with E-state index < -0.39 is 0 Å². The molecule has 1 aliphatic heterocycles. The molecule has 3 aromatic rings. The molecule has 10 heteroatoms. The number of benzene rings is 2. The summed E-state index contributed by atoms with van der Waals surface area (Å²) < 4.78 is 22.6. The Hall–Kier alpha value is -3.95. The minimum absolute atomic E-state index is 0.0204. The number of para-hydroxylation sites is 1. The Morgan fingerprint density at radius 2 is 1.68 bits per heavy atom. The normalized spacial score (nSPS) is 18.9. The van der Waals surface area contributed by atoms with E-state index in [2.05, 4.69) is 18.7 Å². The van der Waals surface area contributed by atoms with Gasteiger partial charge in [-0.3, -0.25) is 4.79 Å². The molecule has 1 amide bonds. The second-order valence-corrected chi connectivity index (χ2v) is 10.7. The van der Waals surface area contributed by atoms with Gasteiger partial charge in [-0.05, 0) is 30.9 Å². The highest BCUT2D eigenvalue weighted by atomic mass is 16.5. The number of fused-ring (bicyclic) bond motifs is 2. The van der Waals surface area contributed by atoms with Crippen molar-refractivity contribution in [3.63, 3.8) is 0 Å². The third-order valence-electron chi connectivity index (χ3n) is 8.06. The van der Waals surface area contributed by atoms with E-state index in [1.54, 1.807) is 27.4 Å². The van der Waals surface area contributed by atoms with E-state index in [4.69, 9.17) is 34.6 Å². The Kier molecular flexibility index (Phi) is 8.04. The van der Waals surface area contributed by atoms with Gasteiger partial charge in [0.05, 0.1) is 38.9 Å². The number of carbonyl (C=O) groups is 1. The van der Waals surface area contributed by atoms with Crippen LogP contribution in [0.5, 0.6) is 23.0 Å². The van der Waals surface area contributed by atoms with Crippen LogP contribution in [0.1, 0.15) is 51.0 Å². The van der Waals surface area contributed by atoms with Crippen molar-refractivity contribution < 1.29 is 23.7 Å². The number of hydrogen-bond acceptors (Lipinski definition) is 9. The first-order valence-electron chi connectivity index (χ1n) is 13.9. The van der Waals surface area contributed by atoms with E-state index in [9.17, 15) is 4.79 Å². The van der Waals surface area contributed by atoms with E-state index in [-0.39, 0.29) is 30.5 Å². The molecule has 2 fully saturated rings. The Morgan fingerprint density at radius 3 is 2.38 bits per heavy atom. The van der Waals surface area contributed by atoms with Gasteiger partial charge in [-0.15, -0.1) is 0 Å². The molecule has 40 heavy (non-hydrogen) atoms. The van der Waals surface area contributed by atoms with E-state index in [1.807, 2.05) is 29.2 Å². The number of rotatable bonds is 8. The largest absolute Gasteiger partial charge is 0.493 e. The molecule has 1 saturated heterocycles. The number of amides is 1. The molecule has 2 N–H and O–H groups in total. The first kappa shape index (κ1) is 27.6. The molecule has 0 bridgehead atoms. The highest BCUT2D eigenvalue weighted by Gasteiger charge is 2.41. The molecule has 1 aliphatic carbocycles. The van der Waals surface area contributed by atoms with Crippen LogP contribution in [0.3, 0.4) is 0 Å². The second kappa shape index (κ2) is 11.7. The zero-order valence-electron chi connectivity index (χ0n) is 24.0. The summed E-state index contributed by atoms with van der Waals surface area (Å²) in [5, 5.41) is 0.713. The Labute approximate surface area is 235 Å². The number of carbonyl (C=O) groups excluding carboxylic acids is 1. The summed E-state index contributed by atoms with van der Waals surface area (Å²) in [6, 6.07) is 9.61. The molecule has 1 saturated carbocycles. The van der Waals surface area contributed by atoms with Gasteiger partial charge in [0.1, 0.15) is 5.82 Å². The lowest BCUT2D eigenvalue weighted by Crippen LogP contribution is -2.63. The van der Waals surface area contributed by atoms with Crippen LogP contribution in [0, 0.1) is 0 Å². The number of nitrogens with two attached hydrogens (primary N) is 1. The Morgan fingerprint density at radius 1 is 0.975 bits per heavy atom. The molecule has 2 unspecified atom stereocenters. The van der Waals surface area contributed by atoms with Crippen molar-refractivity contribution in [2.45, 2.75) is 57.5 Å². The van der Waals surface area contributed by atoms with Crippen LogP contribution in [-0.4, -0.2) is 73.9 Å². The van der Waals surface area contributed by atoms with Crippen LogP contribution in [0.15, 0.2) is 30.3 Å². The van der Waals surface area contributed by atoms with Crippen molar-refractivity contribution in [2.75, 3.05) is 51.7 Å². The van der Waals surface area contributed by atoms with E-state index >= 15 is 0 Å². The lowest BCUT2D eigenvalue weighted by molar-refractivity contribution is -0.137. The number of hydrogen-bond donors (Lipinski definition) is 1. The van der Waals surface area contributed by atoms with Crippen LogP contribution < -0.4 is 29.6 Å². The van der Waals surface area contributed by atoms with Gasteiger partial charge >= 0.3 is 0 Å². The SMILES string of the molecule is COc1cc2nc(N3CCN(C(=O)COc4c(OC)cccc4C(C)C)C4CCCCC43)nc(N)c2cc1OC. The maximum absolute atomic E-state index is 13.6. The van der Waals surface area contributed by atoms with Crippen LogP contribution in [0.25, 0.3) is 10.9 Å². The predicted octanol–water partition coefficient (Wildman–Crippen LogP) is 4.40. The zero-order valence-corrected chi connectivity index (χ0v) is 24.0. The first-order valence-corrected chi connectivity index (χ1v) is 13.9. The van der Waals surface area contributed by atoms with Crippen molar-refractivity contribution in [2.24, 2.45) is 0 Å². The second-order valence-electron chi connectivity index (χ2n) is 10.7. The van der Waals surface area contributed by atoms with Gasteiger partial charge in [-0.1, -0.05) is 38.8 Å². The number of nitrogen functional groups attached to an aromatic ring is 1. The fraction of sp³-hybridized carbons (Fsp3) is 0.500. The quantitative estimate of drug-likeness (QED) is 0.437. The molecule has 0 spiro atoms. The summed E-state index contributed by atoms with van der Waals surface area (Å²) >= 11 is 0. The van der Waals surface area contributed by atoms with Gasteiger partial charge in [-0.2, -0.15) is 4.98 Å². The molecular formula is C30H39N5O5. The lowest BCUT2D eigenvalue weighted by Gasteiger charge is -2.49. The average Bonchev–Trinajstić information content (AvgIpc) is 2.98. The topological polar surface area (TPSA) is 112 Å². The fourth-order valence-corrected chi connectivity index (χ4v) is 6.04. The maximum Gasteiger partial charge on any atom is 0.260 e. The van der Waals surface area contributed by atoms with Gasteiger partial charge in [0.25, 0.3) is 5.91 Å². The molecule has 2 heterocycles. The number of methoxy groups -OCH3 is 3. The van der Waals surface area contributed by atoms with Gasteiger partial charge in [0.2, 0.25) is 5.95 Å². The van der Waals surface area contributed by atoms with Gasteiger partial charge in [0, 0.05) is 30.1 Å². The minimum Gasteiger partial charge on any atom is -0.493 e. The third-order valence-corrected chi connectivity index (χ3v) is 8.06. The van der Waals surface area contributed by atoms with Gasteiger partial charge in [0.15, 0.2) is 29.6 Å². The van der Waals surface area contributed by atoms with Crippen molar-refractivity contribution in [1.29, 1.82) is 0 Å². The summed E-state index contributed by atoms with van der Waals surface area (Å²) in [7, 11) is 4.80. The van der Waals surface area contributed by atoms with Crippen molar-refractivity contribution in [1.82, 2.24) is 14.9 Å². The third kappa shape index (κ3) is 5.14. The smallest absolute Gasteiger partial charge is 0.260 e. The van der Waals surface area contributed by atoms with E-state index in [1.165, 1.54) is 0 Å². The highest BCUT2D eigenvalue weighted by molar-refractivity contribution is 5.91. The molecular weight excluding hydrogens is 510 g/mol. The molecule has 2 atom stereocenters. The molecule has 2 aliphatic rings. The number of aromatic nitrogens is 2. The summed E-state index contributed by atoms with van der Waals surface area (Å²) in [5.41, 5.74) is 8.12. The summed E-state index contributed by atoms with van der Waals surface area (Å²) in [6.07, 6.45) is 4.03. The first-order chi connectivity index (χ1) is 19.4. The molecule has 10 nitrogen and oxygen atoms in total. The van der Waals surface area contributed by atoms with Crippen LogP contribution >= 0.6 is 0 Å². The number of ether oxygens (including phenoxy) is 4. The standard InChI is InChI=1S/C30H39N5O5/c1-18(2)19-9-8-12-24(37-3)28(19)40-17-27(36)34-13-14-35(23-11-7-6-10-22(23)34)30-32-21-16-26(39-5)25(38-4)15-20(21)29(31)33-30/h8-9,12,15-16,18,22-23H,6-7,10-11,13-14,17H2,1-5H3,(H2,31,32,33). The monoisotopic (exact) mass is 549 g/mol. The van der Waals surface area contributed by atoms with E-state index in [0.717, 1.165) is 31.2 Å². The zero-order chi connectivity index (χ0) is 28.4. The lowest BCUT2D eigenvalue weighted by atomic mass is 9.86. The van der Waals surface area contributed by atoms with Crippen LogP contribution in [0.4, 0.5) is 11.8 Å². The maximum atomic E-state index is 13.6. The molecule has 0 radical (unpaired) electrons. The number of nitrogens with zero attached hydrogens (tertiary/aromatic N) is 4. The molecule has 214 valence electrons. The van der Waals surface area contributed by atoms with Crippen molar-refractivity contribution >= 4 is 28.6 Å². The summed E-state index contributed by atoms with van der Waals surface area (Å²) in [6.45, 7) is 5.33. The Bertz CT molecular complexity index is 1380. The predicted molar refractivity (Wildman–Crippen MR) is 155 cm³/mol. The molecule has 1 aromatic heterocycles. The van der Waals surface area contributed by atoms with E-state index in [0.29, 0.717) is 58.8 Å². The number of piperazine rings is 1. The minimum atomic E-state index is -0.0373. The average molecular weight is 550 g/mol. The Balaban J connectivity index is 1.38. The summed E-state index contributed by atoms with van der Waals surface area (Å²) in [5.74, 6) is 3.62. The number of anilines is 2. The van der Waals surface area contributed by atoms with Crippen molar-refractivity contribution in [3.05, 3.63) is 35.9 Å². The van der Waals surface area contributed by atoms with Crippen LogP contribution in [-0.2, 0) is 4.79 Å². The fourth-order valence-electron chi connectivity index (χ4n) is 6.04. The van der Waals surface area contributed by atoms with Gasteiger partial charge in [-0.25, -0.2) is 4.98 Å². The molecule has 2 aromatic carbocycles. The molecule has 5 rings (SSSR count).